The van der Waals surface area contributed by atoms with Crippen molar-refractivity contribution in [2.75, 3.05) is 0 Å². The molecule has 1 aliphatic rings. The van der Waals surface area contributed by atoms with Crippen molar-refractivity contribution in [2.24, 2.45) is 14.1 Å². The summed E-state index contributed by atoms with van der Waals surface area (Å²) in [7, 11) is -1.37. The molecule has 9 heteroatoms. The fourth-order valence-corrected chi connectivity index (χ4v) is 3.90. The quantitative estimate of drug-likeness (QED) is 0.717. The Morgan fingerprint density at radius 1 is 1.19 bits per heavy atom. The summed E-state index contributed by atoms with van der Waals surface area (Å²) in [6, 6.07) is -0.305. The first-order chi connectivity index (χ1) is 9.72. The van der Waals surface area contributed by atoms with E-state index in [1.54, 1.807) is 0 Å². The van der Waals surface area contributed by atoms with Crippen molar-refractivity contribution in [2.45, 2.75) is 42.7 Å². The van der Waals surface area contributed by atoms with Crippen LogP contribution in [0, 0.1) is 0 Å². The number of aryl methyl sites for hydroxylation is 1. The summed E-state index contributed by atoms with van der Waals surface area (Å²) in [5.41, 5.74) is -1.43. The molecule has 1 heterocycles. The molecule has 118 valence electrons. The van der Waals surface area contributed by atoms with Crippen LogP contribution >= 0.6 is 0 Å². The van der Waals surface area contributed by atoms with Gasteiger partial charge in [0.1, 0.15) is 0 Å². The molecule has 0 spiro atoms. The molecule has 0 bridgehead atoms. The van der Waals surface area contributed by atoms with E-state index in [4.69, 9.17) is 0 Å². The van der Waals surface area contributed by atoms with Gasteiger partial charge in [0.2, 0.25) is 10.0 Å². The zero-order valence-corrected chi connectivity index (χ0v) is 12.8. The summed E-state index contributed by atoms with van der Waals surface area (Å²) in [6.07, 6.45) is 2.73. The molecule has 1 saturated carbocycles. The average Bonchev–Trinajstić information content (AvgIpc) is 2.42. The maximum atomic E-state index is 12.3. The molecule has 0 unspecified atom stereocenters. The molecule has 1 aromatic heterocycles. The van der Waals surface area contributed by atoms with Gasteiger partial charge >= 0.3 is 5.69 Å². The monoisotopic (exact) mass is 317 g/mol. The molecule has 0 radical (unpaired) electrons. The van der Waals surface area contributed by atoms with Gasteiger partial charge in [-0.1, -0.05) is 0 Å². The Bertz CT molecular complexity index is 741. The van der Waals surface area contributed by atoms with Crippen LogP contribution < -0.4 is 16.0 Å². The molecule has 2 rings (SSSR count). The van der Waals surface area contributed by atoms with E-state index >= 15 is 0 Å². The highest BCUT2D eigenvalue weighted by atomic mass is 32.2. The Balaban J connectivity index is 2.33. The fraction of sp³-hybridized carbons (Fsp3) is 0.667. The second kappa shape index (κ2) is 5.74. The summed E-state index contributed by atoms with van der Waals surface area (Å²) in [5, 5.41) is 9.42. The first-order valence-electron chi connectivity index (χ1n) is 6.69. The van der Waals surface area contributed by atoms with E-state index in [0.29, 0.717) is 25.7 Å². The molecule has 0 aromatic carbocycles. The number of hydrogen-bond acceptors (Lipinski definition) is 5. The Morgan fingerprint density at radius 2 is 1.76 bits per heavy atom. The highest BCUT2D eigenvalue weighted by Gasteiger charge is 2.27. The van der Waals surface area contributed by atoms with Crippen LogP contribution in [0.4, 0.5) is 0 Å². The second-order valence-electron chi connectivity index (χ2n) is 5.38. The van der Waals surface area contributed by atoms with E-state index in [1.807, 2.05) is 0 Å². The van der Waals surface area contributed by atoms with E-state index in [1.165, 1.54) is 14.1 Å². The van der Waals surface area contributed by atoms with Gasteiger partial charge in [-0.3, -0.25) is 9.36 Å². The lowest BCUT2D eigenvalue weighted by Gasteiger charge is -2.25. The van der Waals surface area contributed by atoms with Crippen LogP contribution in [0.1, 0.15) is 25.7 Å². The third-order valence-corrected chi connectivity index (χ3v) is 5.23. The molecule has 1 aliphatic carbocycles. The number of hydrogen-bond donors (Lipinski definition) is 2. The van der Waals surface area contributed by atoms with Crippen molar-refractivity contribution in [3.05, 3.63) is 27.0 Å². The van der Waals surface area contributed by atoms with Crippen molar-refractivity contribution in [3.8, 4) is 0 Å². The third-order valence-electron chi connectivity index (χ3n) is 3.72. The smallest absolute Gasteiger partial charge is 0.330 e. The number of rotatable bonds is 3. The summed E-state index contributed by atoms with van der Waals surface area (Å²) in [6.45, 7) is 0. The Morgan fingerprint density at radius 3 is 2.33 bits per heavy atom. The zero-order valence-electron chi connectivity index (χ0n) is 11.9. The summed E-state index contributed by atoms with van der Waals surface area (Å²) in [5.74, 6) is 0. The Kier molecular flexibility index (Phi) is 4.35. The number of aliphatic hydroxyl groups is 1. The highest BCUT2D eigenvalue weighted by molar-refractivity contribution is 7.89. The second-order valence-corrected chi connectivity index (χ2v) is 7.06. The van der Waals surface area contributed by atoms with Gasteiger partial charge in [0, 0.05) is 26.3 Å². The van der Waals surface area contributed by atoms with Crippen molar-refractivity contribution in [1.29, 1.82) is 0 Å². The average molecular weight is 317 g/mol. The van der Waals surface area contributed by atoms with Crippen LogP contribution in [0.25, 0.3) is 0 Å². The molecule has 21 heavy (non-hydrogen) atoms. The molecular formula is C12H19N3O5S. The van der Waals surface area contributed by atoms with Gasteiger partial charge in [0.25, 0.3) is 5.56 Å². The summed E-state index contributed by atoms with van der Waals surface area (Å²) < 4.78 is 28.9. The topological polar surface area (TPSA) is 110 Å². The number of aliphatic hydroxyl groups excluding tert-OH is 1. The van der Waals surface area contributed by atoms with Crippen LogP contribution in [0.3, 0.4) is 0 Å². The van der Waals surface area contributed by atoms with Crippen molar-refractivity contribution in [1.82, 2.24) is 13.9 Å². The predicted molar refractivity (Wildman–Crippen MR) is 75.5 cm³/mol. The van der Waals surface area contributed by atoms with Gasteiger partial charge in [-0.25, -0.2) is 17.9 Å². The molecule has 1 aromatic rings. The molecule has 8 nitrogen and oxygen atoms in total. The number of nitrogens with one attached hydrogen (secondary N) is 1. The van der Waals surface area contributed by atoms with Gasteiger partial charge in [-0.2, -0.15) is 0 Å². The van der Waals surface area contributed by atoms with E-state index in [2.05, 4.69) is 4.72 Å². The van der Waals surface area contributed by atoms with Crippen LogP contribution in [0.15, 0.2) is 20.7 Å². The molecular weight excluding hydrogens is 298 g/mol. The highest BCUT2D eigenvalue weighted by Crippen LogP contribution is 2.19. The minimum Gasteiger partial charge on any atom is -0.393 e. The molecule has 0 aliphatic heterocycles. The largest absolute Gasteiger partial charge is 0.393 e. The maximum Gasteiger partial charge on any atom is 0.330 e. The molecule has 0 amide bonds. The first kappa shape index (κ1) is 15.9. The fourth-order valence-electron chi connectivity index (χ4n) is 2.44. The first-order valence-corrected chi connectivity index (χ1v) is 8.17. The lowest BCUT2D eigenvalue weighted by molar-refractivity contribution is 0.120. The van der Waals surface area contributed by atoms with Crippen LogP contribution in [-0.4, -0.2) is 34.8 Å². The molecule has 0 saturated heterocycles. The number of sulfonamides is 1. The standard InChI is InChI=1S/C12H19N3O5S/c1-14-7-10(11(17)15(2)12(14)18)21(19,20)13-8-3-5-9(16)6-4-8/h7-9,13,16H,3-6H2,1-2H3. The number of nitrogens with zero attached hydrogens (tertiary/aromatic N) is 2. The van der Waals surface area contributed by atoms with E-state index in [0.717, 1.165) is 15.3 Å². The molecule has 2 N–H and O–H groups in total. The van der Waals surface area contributed by atoms with Gasteiger partial charge in [0.05, 0.1) is 6.10 Å². The summed E-state index contributed by atoms with van der Waals surface area (Å²) >= 11 is 0. The lowest BCUT2D eigenvalue weighted by atomic mass is 9.94. The molecule has 0 atom stereocenters. The lowest BCUT2D eigenvalue weighted by Crippen LogP contribution is -2.44. The summed E-state index contributed by atoms with van der Waals surface area (Å²) in [4.78, 5) is 23.1. The number of aromatic nitrogens is 2. The SMILES string of the molecule is Cn1cc(S(=O)(=O)NC2CCC(O)CC2)c(=O)n(C)c1=O. The predicted octanol–water partition coefficient (Wildman–Crippen LogP) is -1.33. The van der Waals surface area contributed by atoms with Crippen LogP contribution in [0.5, 0.6) is 0 Å². The maximum absolute atomic E-state index is 12.3. The molecule has 1 fully saturated rings. The van der Waals surface area contributed by atoms with Gasteiger partial charge in [-0.05, 0) is 25.7 Å². The van der Waals surface area contributed by atoms with E-state index < -0.39 is 32.3 Å². The van der Waals surface area contributed by atoms with Gasteiger partial charge in [-0.15, -0.1) is 0 Å². The van der Waals surface area contributed by atoms with Gasteiger partial charge in [0.15, 0.2) is 4.90 Å². The normalized spacial score (nSPS) is 23.2. The van der Waals surface area contributed by atoms with Crippen molar-refractivity contribution in [3.63, 3.8) is 0 Å². The van der Waals surface area contributed by atoms with Crippen molar-refractivity contribution < 1.29 is 13.5 Å². The van der Waals surface area contributed by atoms with Crippen LogP contribution in [-0.2, 0) is 24.1 Å². The Labute approximate surface area is 122 Å². The minimum absolute atomic E-state index is 0.305. The van der Waals surface area contributed by atoms with E-state index in [-0.39, 0.29) is 6.04 Å². The third kappa shape index (κ3) is 3.25. The Hall–Kier alpha value is -1.45. The zero-order chi connectivity index (χ0) is 15.8. The van der Waals surface area contributed by atoms with E-state index in [9.17, 15) is 23.1 Å². The minimum atomic E-state index is -3.99. The van der Waals surface area contributed by atoms with Gasteiger partial charge < -0.3 is 9.67 Å². The van der Waals surface area contributed by atoms with Crippen molar-refractivity contribution >= 4 is 10.0 Å². The van der Waals surface area contributed by atoms with Crippen LogP contribution in [0.2, 0.25) is 0 Å².